The van der Waals surface area contributed by atoms with Crippen LogP contribution in [0.1, 0.15) is 0 Å². The summed E-state index contributed by atoms with van der Waals surface area (Å²) in [5.41, 5.74) is 2.85. The summed E-state index contributed by atoms with van der Waals surface area (Å²) in [6, 6.07) is 9.98. The number of benzene rings is 1. The van der Waals surface area contributed by atoms with Crippen molar-refractivity contribution < 1.29 is 0 Å². The van der Waals surface area contributed by atoms with Gasteiger partial charge in [0.2, 0.25) is 0 Å². The van der Waals surface area contributed by atoms with Crippen molar-refractivity contribution in [2.75, 3.05) is 5.01 Å². The minimum Gasteiger partial charge on any atom is -0.227 e. The smallest absolute Gasteiger partial charge is 0.0968 e. The molecule has 0 aliphatic carbocycles. The molecule has 0 unspecified atom stereocenters. The van der Waals surface area contributed by atoms with E-state index in [-0.39, 0.29) is 0 Å². The van der Waals surface area contributed by atoms with E-state index in [2.05, 4.69) is 11.7 Å². The number of thioether (sulfide) groups is 1. The lowest BCUT2D eigenvalue weighted by atomic mass is 10.3. The molecule has 0 saturated carbocycles. The molecule has 0 fully saturated rings. The SMILES string of the molecule is C=C1SC=NN1c1ccccc1. The van der Waals surface area contributed by atoms with Gasteiger partial charge in [0.15, 0.2) is 0 Å². The summed E-state index contributed by atoms with van der Waals surface area (Å²) < 4.78 is 0. The van der Waals surface area contributed by atoms with Crippen LogP contribution in [0.2, 0.25) is 0 Å². The van der Waals surface area contributed by atoms with E-state index in [1.807, 2.05) is 35.3 Å². The molecule has 2 rings (SSSR count). The van der Waals surface area contributed by atoms with E-state index in [0.29, 0.717) is 0 Å². The maximum absolute atomic E-state index is 4.16. The van der Waals surface area contributed by atoms with Crippen LogP contribution in [-0.4, -0.2) is 5.55 Å². The molecule has 0 atom stereocenters. The topological polar surface area (TPSA) is 15.6 Å². The highest BCUT2D eigenvalue weighted by Crippen LogP contribution is 2.28. The van der Waals surface area contributed by atoms with Crippen LogP contribution in [0.15, 0.2) is 47.0 Å². The standard InChI is InChI=1S/C9H8N2S/c1-8-11(10-7-12-8)9-5-3-2-4-6-9/h2-7H,1H2. The van der Waals surface area contributed by atoms with E-state index in [1.165, 1.54) is 11.8 Å². The molecule has 0 bridgehead atoms. The van der Waals surface area contributed by atoms with Crippen molar-refractivity contribution in [3.05, 3.63) is 41.9 Å². The predicted molar refractivity (Wildman–Crippen MR) is 54.1 cm³/mol. The highest BCUT2D eigenvalue weighted by molar-refractivity contribution is 8.15. The van der Waals surface area contributed by atoms with Gasteiger partial charge in [-0.2, -0.15) is 5.10 Å². The lowest BCUT2D eigenvalue weighted by Crippen LogP contribution is -2.07. The van der Waals surface area contributed by atoms with E-state index >= 15 is 0 Å². The number of anilines is 1. The summed E-state index contributed by atoms with van der Waals surface area (Å²) >= 11 is 1.54. The molecule has 60 valence electrons. The van der Waals surface area contributed by atoms with Gasteiger partial charge in [-0.05, 0) is 12.1 Å². The van der Waals surface area contributed by atoms with E-state index in [9.17, 15) is 0 Å². The Kier molecular flexibility index (Phi) is 1.87. The highest BCUT2D eigenvalue weighted by Gasteiger charge is 2.12. The van der Waals surface area contributed by atoms with Gasteiger partial charge in [-0.15, -0.1) is 0 Å². The van der Waals surface area contributed by atoms with Crippen molar-refractivity contribution in [3.63, 3.8) is 0 Å². The minimum atomic E-state index is 0.946. The zero-order valence-corrected chi connectivity index (χ0v) is 7.29. The summed E-state index contributed by atoms with van der Waals surface area (Å²) in [7, 11) is 0. The van der Waals surface area contributed by atoms with Crippen molar-refractivity contribution >= 4 is 23.0 Å². The van der Waals surface area contributed by atoms with Crippen molar-refractivity contribution in [3.8, 4) is 0 Å². The lowest BCUT2D eigenvalue weighted by Gasteiger charge is -2.13. The molecule has 1 aliphatic heterocycles. The zero-order chi connectivity index (χ0) is 8.39. The van der Waals surface area contributed by atoms with Gasteiger partial charge in [-0.3, -0.25) is 0 Å². The Morgan fingerprint density at radius 2 is 2.00 bits per heavy atom. The van der Waals surface area contributed by atoms with Crippen molar-refractivity contribution in [2.24, 2.45) is 5.10 Å². The van der Waals surface area contributed by atoms with Gasteiger partial charge in [-0.1, -0.05) is 36.5 Å². The molecule has 0 spiro atoms. The molecule has 3 heteroatoms. The van der Waals surface area contributed by atoms with Crippen LogP contribution >= 0.6 is 11.8 Å². The zero-order valence-electron chi connectivity index (χ0n) is 6.47. The van der Waals surface area contributed by atoms with Gasteiger partial charge < -0.3 is 0 Å². The molecule has 1 aromatic carbocycles. The highest BCUT2D eigenvalue weighted by atomic mass is 32.2. The molecule has 2 nitrogen and oxygen atoms in total. The van der Waals surface area contributed by atoms with Crippen molar-refractivity contribution in [1.82, 2.24) is 0 Å². The molecule has 0 aromatic heterocycles. The number of hydrazone groups is 1. The largest absolute Gasteiger partial charge is 0.227 e. The van der Waals surface area contributed by atoms with Crippen LogP contribution in [0.5, 0.6) is 0 Å². The summed E-state index contributed by atoms with van der Waals surface area (Å²) in [5.74, 6) is 0. The van der Waals surface area contributed by atoms with Gasteiger partial charge in [0.25, 0.3) is 0 Å². The average Bonchev–Trinajstić information content (AvgIpc) is 2.53. The fourth-order valence-corrected chi connectivity index (χ4v) is 1.54. The Labute approximate surface area is 75.6 Å². The third-order valence-electron chi connectivity index (χ3n) is 1.59. The molecule has 12 heavy (non-hydrogen) atoms. The third kappa shape index (κ3) is 1.23. The molecule has 0 N–H and O–H groups in total. The van der Waals surface area contributed by atoms with E-state index < -0.39 is 0 Å². The van der Waals surface area contributed by atoms with Crippen molar-refractivity contribution in [1.29, 1.82) is 0 Å². The summed E-state index contributed by atoms with van der Waals surface area (Å²) in [4.78, 5) is 0. The van der Waals surface area contributed by atoms with E-state index in [1.54, 1.807) is 5.55 Å². The second-order valence-corrected chi connectivity index (χ2v) is 3.30. The molecular formula is C9H8N2S. The molecule has 0 saturated heterocycles. The monoisotopic (exact) mass is 176 g/mol. The van der Waals surface area contributed by atoms with Gasteiger partial charge in [0.05, 0.1) is 16.3 Å². The summed E-state index contributed by atoms with van der Waals surface area (Å²) in [5, 5.41) is 6.93. The molecular weight excluding hydrogens is 168 g/mol. The lowest BCUT2D eigenvalue weighted by molar-refractivity contribution is 1.09. The number of hydrogen-bond acceptors (Lipinski definition) is 3. The Balaban J connectivity index is 2.31. The van der Waals surface area contributed by atoms with E-state index in [4.69, 9.17) is 0 Å². The number of hydrogen-bond donors (Lipinski definition) is 0. The number of rotatable bonds is 1. The first-order chi connectivity index (χ1) is 5.88. The summed E-state index contributed by atoms with van der Waals surface area (Å²) in [6.45, 7) is 3.88. The van der Waals surface area contributed by atoms with Crippen LogP contribution in [0, 0.1) is 0 Å². The van der Waals surface area contributed by atoms with Gasteiger partial charge >= 0.3 is 0 Å². The minimum absolute atomic E-state index is 0.946. The quantitative estimate of drug-likeness (QED) is 0.653. The van der Waals surface area contributed by atoms with Crippen LogP contribution in [0.25, 0.3) is 0 Å². The molecule has 0 radical (unpaired) electrons. The number of para-hydroxylation sites is 1. The normalized spacial score (nSPS) is 15.7. The Hall–Kier alpha value is -1.22. The Bertz CT molecular complexity index is 319. The Morgan fingerprint density at radius 1 is 1.25 bits per heavy atom. The fraction of sp³-hybridized carbons (Fsp3) is 0. The first-order valence-electron chi connectivity index (χ1n) is 3.61. The summed E-state index contributed by atoms with van der Waals surface area (Å²) in [6.07, 6.45) is 0. The van der Waals surface area contributed by atoms with Crippen LogP contribution in [0.3, 0.4) is 0 Å². The molecule has 0 amide bonds. The van der Waals surface area contributed by atoms with Crippen LogP contribution < -0.4 is 5.01 Å². The third-order valence-corrected chi connectivity index (χ3v) is 2.23. The van der Waals surface area contributed by atoms with Crippen molar-refractivity contribution in [2.45, 2.75) is 0 Å². The molecule has 1 aromatic rings. The second kappa shape index (κ2) is 3.03. The van der Waals surface area contributed by atoms with Gasteiger partial charge in [0, 0.05) is 0 Å². The molecule has 1 aliphatic rings. The van der Waals surface area contributed by atoms with Gasteiger partial charge in [0.1, 0.15) is 0 Å². The van der Waals surface area contributed by atoms with Gasteiger partial charge in [-0.25, -0.2) is 5.01 Å². The first kappa shape index (κ1) is 7.43. The first-order valence-corrected chi connectivity index (χ1v) is 4.49. The maximum atomic E-state index is 4.16. The number of nitrogens with zero attached hydrogens (tertiary/aromatic N) is 2. The second-order valence-electron chi connectivity index (χ2n) is 2.38. The fourth-order valence-electron chi connectivity index (χ4n) is 1.03. The van der Waals surface area contributed by atoms with E-state index in [0.717, 1.165) is 10.7 Å². The molecule has 1 heterocycles. The predicted octanol–water partition coefficient (Wildman–Crippen LogP) is 2.65. The maximum Gasteiger partial charge on any atom is 0.0968 e. The van der Waals surface area contributed by atoms with Crippen LogP contribution in [0.4, 0.5) is 5.69 Å². The Morgan fingerprint density at radius 3 is 2.58 bits per heavy atom. The average molecular weight is 176 g/mol. The van der Waals surface area contributed by atoms with Crippen LogP contribution in [-0.2, 0) is 0 Å².